The number of hydrogen-bond donors (Lipinski definition) is 1. The predicted molar refractivity (Wildman–Crippen MR) is 116 cm³/mol. The number of nitrogens with one attached hydrogen (secondary N) is 1. The molecule has 1 aromatic heterocycles. The van der Waals surface area contributed by atoms with Crippen LogP contribution in [0, 0.1) is 5.82 Å². The summed E-state index contributed by atoms with van der Waals surface area (Å²) in [5.74, 6) is 1.00. The quantitative estimate of drug-likeness (QED) is 0.598. The monoisotopic (exact) mass is 430 g/mol. The van der Waals surface area contributed by atoms with Crippen molar-refractivity contribution in [2.75, 3.05) is 45.3 Å². The van der Waals surface area contributed by atoms with E-state index in [0.717, 1.165) is 67.9 Å². The summed E-state index contributed by atoms with van der Waals surface area (Å²) in [6.45, 7) is 4.60. The SMILES string of the molecule is COc1cc2ncnc(Nc3ccc(F)c(Cl)c3)c2cc1CCCN1CCOCC1. The smallest absolute Gasteiger partial charge is 0.141 e. The zero-order valence-electron chi connectivity index (χ0n) is 16.8. The van der Waals surface area contributed by atoms with E-state index in [1.807, 2.05) is 6.07 Å². The lowest BCUT2D eigenvalue weighted by atomic mass is 10.0. The van der Waals surface area contributed by atoms with Gasteiger partial charge in [0, 0.05) is 30.2 Å². The van der Waals surface area contributed by atoms with Gasteiger partial charge in [-0.1, -0.05) is 11.6 Å². The van der Waals surface area contributed by atoms with Crippen molar-refractivity contribution in [2.45, 2.75) is 12.8 Å². The average Bonchev–Trinajstić information content (AvgIpc) is 2.77. The van der Waals surface area contributed by atoms with Gasteiger partial charge in [-0.25, -0.2) is 14.4 Å². The summed E-state index contributed by atoms with van der Waals surface area (Å²) in [5.41, 5.74) is 2.54. The summed E-state index contributed by atoms with van der Waals surface area (Å²) < 4.78 is 24.5. The summed E-state index contributed by atoms with van der Waals surface area (Å²) in [4.78, 5) is 11.2. The highest BCUT2D eigenvalue weighted by atomic mass is 35.5. The molecular weight excluding hydrogens is 407 g/mol. The third-order valence-electron chi connectivity index (χ3n) is 5.24. The van der Waals surface area contributed by atoms with Gasteiger partial charge in [0.15, 0.2) is 0 Å². The van der Waals surface area contributed by atoms with Gasteiger partial charge in [0.25, 0.3) is 0 Å². The molecule has 0 unspecified atom stereocenters. The molecule has 0 saturated carbocycles. The topological polar surface area (TPSA) is 59.5 Å². The normalized spacial score (nSPS) is 14.8. The van der Waals surface area contributed by atoms with E-state index in [-0.39, 0.29) is 5.02 Å². The van der Waals surface area contributed by atoms with Crippen LogP contribution >= 0.6 is 11.6 Å². The number of morpholine rings is 1. The van der Waals surface area contributed by atoms with E-state index in [1.165, 1.54) is 18.5 Å². The fourth-order valence-electron chi connectivity index (χ4n) is 3.64. The molecule has 0 aliphatic carbocycles. The van der Waals surface area contributed by atoms with Crippen LogP contribution in [0.5, 0.6) is 5.75 Å². The fraction of sp³-hybridized carbons (Fsp3) is 0.364. The zero-order chi connectivity index (χ0) is 20.9. The number of anilines is 2. The van der Waals surface area contributed by atoms with Gasteiger partial charge >= 0.3 is 0 Å². The van der Waals surface area contributed by atoms with E-state index >= 15 is 0 Å². The van der Waals surface area contributed by atoms with E-state index in [2.05, 4.69) is 26.3 Å². The first-order valence-electron chi connectivity index (χ1n) is 9.98. The van der Waals surface area contributed by atoms with Crippen LogP contribution < -0.4 is 10.1 Å². The maximum absolute atomic E-state index is 13.5. The standard InChI is InChI=1S/C22H24ClFN4O2/c1-29-21-13-20-17(11-15(21)3-2-6-28-7-9-30-10-8-28)22(26-14-25-20)27-16-4-5-19(24)18(23)12-16/h4-5,11-14H,2-3,6-10H2,1H3,(H,25,26,27). The molecule has 1 aliphatic rings. The first-order chi connectivity index (χ1) is 14.6. The maximum Gasteiger partial charge on any atom is 0.141 e. The highest BCUT2D eigenvalue weighted by molar-refractivity contribution is 6.31. The van der Waals surface area contributed by atoms with E-state index < -0.39 is 5.82 Å². The first kappa shape index (κ1) is 20.8. The van der Waals surface area contributed by atoms with Crippen molar-refractivity contribution in [3.63, 3.8) is 0 Å². The number of methoxy groups -OCH3 is 1. The van der Waals surface area contributed by atoms with Gasteiger partial charge in [-0.05, 0) is 49.2 Å². The minimum atomic E-state index is -0.456. The number of nitrogens with zero attached hydrogens (tertiary/aromatic N) is 3. The highest BCUT2D eigenvalue weighted by Crippen LogP contribution is 2.31. The van der Waals surface area contributed by atoms with Crippen molar-refractivity contribution < 1.29 is 13.9 Å². The molecule has 2 aromatic carbocycles. The largest absolute Gasteiger partial charge is 0.496 e. The van der Waals surface area contributed by atoms with Crippen molar-refractivity contribution in [3.8, 4) is 5.75 Å². The Morgan fingerprint density at radius 1 is 1.20 bits per heavy atom. The van der Waals surface area contributed by atoms with Crippen molar-refractivity contribution in [2.24, 2.45) is 0 Å². The molecule has 0 atom stereocenters. The maximum atomic E-state index is 13.5. The Morgan fingerprint density at radius 3 is 2.80 bits per heavy atom. The second kappa shape index (κ2) is 9.55. The van der Waals surface area contributed by atoms with Crippen LogP contribution in [-0.4, -0.2) is 54.8 Å². The molecule has 1 N–H and O–H groups in total. The molecule has 158 valence electrons. The summed E-state index contributed by atoms with van der Waals surface area (Å²) in [5, 5.41) is 4.16. The Kier molecular flexibility index (Phi) is 6.62. The average molecular weight is 431 g/mol. The summed E-state index contributed by atoms with van der Waals surface area (Å²) >= 11 is 5.91. The zero-order valence-corrected chi connectivity index (χ0v) is 17.6. The van der Waals surface area contributed by atoms with Crippen LogP contribution in [-0.2, 0) is 11.2 Å². The van der Waals surface area contributed by atoms with Crippen molar-refractivity contribution >= 4 is 34.0 Å². The molecule has 3 aromatic rings. The third-order valence-corrected chi connectivity index (χ3v) is 5.53. The Balaban J connectivity index is 1.57. The number of benzene rings is 2. The molecule has 0 bridgehead atoms. The van der Waals surface area contributed by atoms with Crippen molar-refractivity contribution in [3.05, 3.63) is 53.1 Å². The number of rotatable bonds is 7. The molecule has 30 heavy (non-hydrogen) atoms. The molecule has 1 aliphatic heterocycles. The van der Waals surface area contributed by atoms with Gasteiger partial charge < -0.3 is 14.8 Å². The van der Waals surface area contributed by atoms with Gasteiger partial charge in [-0.2, -0.15) is 0 Å². The molecule has 0 amide bonds. The lowest BCUT2D eigenvalue weighted by Crippen LogP contribution is -2.36. The van der Waals surface area contributed by atoms with Crippen LogP contribution in [0.1, 0.15) is 12.0 Å². The molecule has 0 spiro atoms. The van der Waals surface area contributed by atoms with Crippen LogP contribution in [0.4, 0.5) is 15.9 Å². The summed E-state index contributed by atoms with van der Waals surface area (Å²) in [6.07, 6.45) is 3.40. The predicted octanol–water partition coefficient (Wildman–Crippen LogP) is 4.44. The Hall–Kier alpha value is -2.48. The van der Waals surface area contributed by atoms with E-state index in [4.69, 9.17) is 21.1 Å². The molecular formula is C22H24ClFN4O2. The van der Waals surface area contributed by atoms with Crippen molar-refractivity contribution in [1.29, 1.82) is 0 Å². The van der Waals surface area contributed by atoms with Gasteiger partial charge in [-0.15, -0.1) is 0 Å². The van der Waals surface area contributed by atoms with Gasteiger partial charge in [0.1, 0.15) is 23.7 Å². The van der Waals surface area contributed by atoms with E-state index in [9.17, 15) is 4.39 Å². The number of halogens is 2. The molecule has 6 nitrogen and oxygen atoms in total. The molecule has 2 heterocycles. The molecule has 0 radical (unpaired) electrons. The van der Waals surface area contributed by atoms with E-state index in [1.54, 1.807) is 13.2 Å². The molecule has 1 saturated heterocycles. The van der Waals surface area contributed by atoms with Crippen LogP contribution in [0.15, 0.2) is 36.7 Å². The highest BCUT2D eigenvalue weighted by Gasteiger charge is 2.13. The Morgan fingerprint density at radius 2 is 2.03 bits per heavy atom. The Labute approximate surface area is 180 Å². The lowest BCUT2D eigenvalue weighted by Gasteiger charge is -2.26. The number of fused-ring (bicyclic) bond motifs is 1. The third kappa shape index (κ3) is 4.80. The first-order valence-corrected chi connectivity index (χ1v) is 10.4. The van der Waals surface area contributed by atoms with Crippen LogP contribution in [0.3, 0.4) is 0 Å². The van der Waals surface area contributed by atoms with Gasteiger partial charge in [0.2, 0.25) is 0 Å². The molecule has 1 fully saturated rings. The van der Waals surface area contributed by atoms with E-state index in [0.29, 0.717) is 11.5 Å². The van der Waals surface area contributed by atoms with Gasteiger partial charge in [-0.3, -0.25) is 4.90 Å². The second-order valence-electron chi connectivity index (χ2n) is 7.21. The summed E-state index contributed by atoms with van der Waals surface area (Å²) in [6, 6.07) is 8.50. The van der Waals surface area contributed by atoms with Crippen molar-refractivity contribution in [1.82, 2.24) is 14.9 Å². The lowest BCUT2D eigenvalue weighted by molar-refractivity contribution is 0.0374. The second-order valence-corrected chi connectivity index (χ2v) is 7.62. The minimum Gasteiger partial charge on any atom is -0.496 e. The van der Waals surface area contributed by atoms with Crippen LogP contribution in [0.25, 0.3) is 10.9 Å². The van der Waals surface area contributed by atoms with Crippen LogP contribution in [0.2, 0.25) is 5.02 Å². The number of ether oxygens (including phenoxy) is 2. The molecule has 4 rings (SSSR count). The fourth-order valence-corrected chi connectivity index (χ4v) is 3.82. The minimum absolute atomic E-state index is 0.0591. The summed E-state index contributed by atoms with van der Waals surface area (Å²) in [7, 11) is 1.67. The number of aryl methyl sites for hydroxylation is 1. The molecule has 8 heteroatoms. The van der Waals surface area contributed by atoms with Gasteiger partial charge in [0.05, 0.1) is 30.9 Å². The number of hydrogen-bond acceptors (Lipinski definition) is 6. The Bertz CT molecular complexity index is 1030. The number of aromatic nitrogens is 2.